The second-order valence-corrected chi connectivity index (χ2v) is 7.05. The van der Waals surface area contributed by atoms with Crippen molar-refractivity contribution in [2.45, 2.75) is 44.7 Å². The molecule has 0 radical (unpaired) electrons. The largest absolute Gasteiger partial charge is 0.494 e. The Labute approximate surface area is 163 Å². The molecule has 144 valence electrons. The predicted octanol–water partition coefficient (Wildman–Crippen LogP) is 3.08. The number of Topliss-reactive ketones (excluding diaryl/α,β-unsaturated/α-hetero) is 1. The molecule has 2 N–H and O–H groups in total. The van der Waals surface area contributed by atoms with Gasteiger partial charge < -0.3 is 19.7 Å². The van der Waals surface area contributed by atoms with Crippen molar-refractivity contribution in [2.24, 2.45) is 0 Å². The molecule has 0 aromatic heterocycles. The summed E-state index contributed by atoms with van der Waals surface area (Å²) in [7, 11) is 0. The molecule has 6 heteroatoms. The van der Waals surface area contributed by atoms with Crippen LogP contribution in [0.5, 0.6) is 5.75 Å². The van der Waals surface area contributed by atoms with Crippen LogP contribution in [-0.2, 0) is 16.0 Å². The van der Waals surface area contributed by atoms with E-state index in [9.17, 15) is 15.0 Å². The third kappa shape index (κ3) is 4.33. The molecule has 1 heterocycles. The maximum atomic E-state index is 11.8. The fourth-order valence-electron chi connectivity index (χ4n) is 3.21. The Kier molecular flexibility index (Phi) is 6.17. The zero-order chi connectivity index (χ0) is 19.6. The van der Waals surface area contributed by atoms with Crippen LogP contribution in [0.25, 0.3) is 0 Å². The molecule has 0 aliphatic carbocycles. The number of hydrogen-bond donors (Lipinski definition) is 2. The summed E-state index contributed by atoms with van der Waals surface area (Å²) < 4.78 is 11.1. The second-order valence-electron chi connectivity index (χ2n) is 6.64. The van der Waals surface area contributed by atoms with Gasteiger partial charge in [-0.1, -0.05) is 35.9 Å². The summed E-state index contributed by atoms with van der Waals surface area (Å²) in [6.07, 6.45) is -3.74. The van der Waals surface area contributed by atoms with Crippen molar-refractivity contribution in [1.29, 1.82) is 0 Å². The van der Waals surface area contributed by atoms with Gasteiger partial charge in [-0.05, 0) is 55.2 Å². The van der Waals surface area contributed by atoms with Crippen molar-refractivity contribution < 1.29 is 24.5 Å². The second kappa shape index (κ2) is 8.40. The molecule has 5 nitrogen and oxygen atoms in total. The van der Waals surface area contributed by atoms with Gasteiger partial charge in [-0.3, -0.25) is 4.79 Å². The number of carbonyl (C=O) groups excluding carboxylic acids is 1. The molecule has 0 saturated carbocycles. The van der Waals surface area contributed by atoms with E-state index in [1.807, 2.05) is 37.3 Å². The number of benzene rings is 2. The van der Waals surface area contributed by atoms with Gasteiger partial charge in [0.15, 0.2) is 5.78 Å². The first-order valence-electron chi connectivity index (χ1n) is 8.96. The van der Waals surface area contributed by atoms with Gasteiger partial charge in [-0.2, -0.15) is 0 Å². The maximum Gasteiger partial charge on any atom is 0.192 e. The lowest BCUT2D eigenvalue weighted by molar-refractivity contribution is -0.181. The molecule has 3 rings (SSSR count). The van der Waals surface area contributed by atoms with E-state index in [0.717, 1.165) is 16.9 Å². The van der Waals surface area contributed by atoms with E-state index in [-0.39, 0.29) is 0 Å². The SMILES string of the molecule is CCOc1ccc(Cc2cc([C@@H]3O[C@H](C)C(=O)[C@H](O)[C@H]3O)ccc2Cl)cc1. The van der Waals surface area contributed by atoms with Crippen LogP contribution in [0.1, 0.15) is 36.6 Å². The maximum absolute atomic E-state index is 11.8. The van der Waals surface area contributed by atoms with Gasteiger partial charge >= 0.3 is 0 Å². The summed E-state index contributed by atoms with van der Waals surface area (Å²) >= 11 is 6.35. The zero-order valence-electron chi connectivity index (χ0n) is 15.3. The molecule has 2 aromatic carbocycles. The van der Waals surface area contributed by atoms with E-state index >= 15 is 0 Å². The molecule has 0 bridgehead atoms. The minimum Gasteiger partial charge on any atom is -0.494 e. The normalized spacial score (nSPS) is 25.4. The first-order valence-corrected chi connectivity index (χ1v) is 9.34. The van der Waals surface area contributed by atoms with Crippen molar-refractivity contribution in [3.63, 3.8) is 0 Å². The summed E-state index contributed by atoms with van der Waals surface area (Å²) in [6, 6.07) is 13.1. The van der Waals surface area contributed by atoms with E-state index in [1.54, 1.807) is 19.1 Å². The Balaban J connectivity index is 1.83. The van der Waals surface area contributed by atoms with E-state index < -0.39 is 30.2 Å². The zero-order valence-corrected chi connectivity index (χ0v) is 16.0. The first-order chi connectivity index (χ1) is 12.9. The summed E-state index contributed by atoms with van der Waals surface area (Å²) in [5.74, 6) is 0.301. The van der Waals surface area contributed by atoms with Crippen LogP contribution >= 0.6 is 11.6 Å². The van der Waals surface area contributed by atoms with Gasteiger partial charge in [0.2, 0.25) is 0 Å². The Bertz CT molecular complexity index is 805. The standard InChI is InChI=1S/C21H23ClO5/c1-3-26-16-7-4-13(5-8-16)10-15-11-14(6-9-17(15)22)21-20(25)19(24)18(23)12(2)27-21/h4-9,11-12,19-21,24-25H,3,10H2,1-2H3/t12-,19+,20-,21+/m1/s1. The molecule has 0 amide bonds. The predicted molar refractivity (Wildman–Crippen MR) is 102 cm³/mol. The molecule has 0 spiro atoms. The molecule has 1 aliphatic rings. The molecule has 1 saturated heterocycles. The molecule has 1 fully saturated rings. The van der Waals surface area contributed by atoms with Crippen LogP contribution in [0, 0.1) is 0 Å². The van der Waals surface area contributed by atoms with E-state index in [2.05, 4.69) is 0 Å². The lowest BCUT2D eigenvalue weighted by atomic mass is 9.91. The molecular weight excluding hydrogens is 368 g/mol. The molecule has 27 heavy (non-hydrogen) atoms. The van der Waals surface area contributed by atoms with E-state index in [4.69, 9.17) is 21.1 Å². The smallest absolute Gasteiger partial charge is 0.192 e. The van der Waals surface area contributed by atoms with E-state index in [1.165, 1.54) is 0 Å². The number of rotatable bonds is 5. The minimum atomic E-state index is -1.45. The number of halogens is 1. The van der Waals surface area contributed by atoms with Gasteiger partial charge in [0.25, 0.3) is 0 Å². The first kappa shape index (κ1) is 19.8. The molecular formula is C21H23ClO5. The van der Waals surface area contributed by atoms with Gasteiger partial charge in [-0.15, -0.1) is 0 Å². The number of carbonyl (C=O) groups is 1. The van der Waals surface area contributed by atoms with Crippen LogP contribution in [0.2, 0.25) is 5.02 Å². The highest BCUT2D eigenvalue weighted by Crippen LogP contribution is 2.33. The number of ketones is 1. The van der Waals surface area contributed by atoms with E-state index in [0.29, 0.717) is 23.6 Å². The van der Waals surface area contributed by atoms with Crippen molar-refractivity contribution in [3.8, 4) is 5.75 Å². The summed E-state index contributed by atoms with van der Waals surface area (Å²) in [5, 5.41) is 20.8. The molecule has 2 aromatic rings. The fraction of sp³-hybridized carbons (Fsp3) is 0.381. The van der Waals surface area contributed by atoms with Crippen molar-refractivity contribution in [2.75, 3.05) is 6.61 Å². The lowest BCUT2D eigenvalue weighted by Crippen LogP contribution is -2.50. The highest BCUT2D eigenvalue weighted by atomic mass is 35.5. The summed E-state index contributed by atoms with van der Waals surface area (Å²) in [5.41, 5.74) is 2.60. The highest BCUT2D eigenvalue weighted by molar-refractivity contribution is 6.31. The molecule has 4 atom stereocenters. The highest BCUT2D eigenvalue weighted by Gasteiger charge is 2.42. The Hall–Kier alpha value is -1.92. The monoisotopic (exact) mass is 390 g/mol. The molecule has 0 unspecified atom stereocenters. The third-order valence-corrected chi connectivity index (χ3v) is 5.07. The average Bonchev–Trinajstić information content (AvgIpc) is 2.66. The Morgan fingerprint density at radius 1 is 1.15 bits per heavy atom. The number of hydrogen-bond acceptors (Lipinski definition) is 5. The van der Waals surface area contributed by atoms with Gasteiger partial charge in [0, 0.05) is 5.02 Å². The Morgan fingerprint density at radius 2 is 1.85 bits per heavy atom. The van der Waals surface area contributed by atoms with Crippen LogP contribution in [-0.4, -0.2) is 40.9 Å². The Morgan fingerprint density at radius 3 is 2.52 bits per heavy atom. The number of aliphatic hydroxyl groups excluding tert-OH is 2. The summed E-state index contributed by atoms with van der Waals surface area (Å²) in [4.78, 5) is 11.8. The van der Waals surface area contributed by atoms with Crippen molar-refractivity contribution in [3.05, 3.63) is 64.2 Å². The minimum absolute atomic E-state index is 0.512. The van der Waals surface area contributed by atoms with Gasteiger partial charge in [0.05, 0.1) is 6.61 Å². The fourth-order valence-corrected chi connectivity index (χ4v) is 3.40. The van der Waals surface area contributed by atoms with Crippen LogP contribution in [0.4, 0.5) is 0 Å². The number of aliphatic hydroxyl groups is 2. The molecule has 1 aliphatic heterocycles. The lowest BCUT2D eigenvalue weighted by Gasteiger charge is -2.35. The van der Waals surface area contributed by atoms with Crippen LogP contribution < -0.4 is 4.74 Å². The van der Waals surface area contributed by atoms with Crippen LogP contribution in [0.3, 0.4) is 0 Å². The summed E-state index contributed by atoms with van der Waals surface area (Å²) in [6.45, 7) is 4.12. The van der Waals surface area contributed by atoms with Crippen molar-refractivity contribution in [1.82, 2.24) is 0 Å². The van der Waals surface area contributed by atoms with Gasteiger partial charge in [-0.25, -0.2) is 0 Å². The number of ether oxygens (including phenoxy) is 2. The van der Waals surface area contributed by atoms with Gasteiger partial charge in [0.1, 0.15) is 30.2 Å². The van der Waals surface area contributed by atoms with Crippen molar-refractivity contribution >= 4 is 17.4 Å². The van der Waals surface area contributed by atoms with Crippen LogP contribution in [0.15, 0.2) is 42.5 Å². The third-order valence-electron chi connectivity index (χ3n) is 4.70. The topological polar surface area (TPSA) is 76.0 Å². The quantitative estimate of drug-likeness (QED) is 0.820. The average molecular weight is 391 g/mol.